The standard InChI is InChI=1S/C21H23BN2O5/c1-2-28-21(26)17-5-3-4-14-10-18(22(27)29-20(14)17)24-19(25)9-13-6-7-15-11-23-12-16(15)8-13/h3-8,18,23,27H,2,9-12H2,1H3,(H,24,25)/t18-/m0/s1. The molecule has 2 aromatic carbocycles. The van der Waals surface area contributed by atoms with Crippen molar-refractivity contribution >= 4 is 19.0 Å². The highest BCUT2D eigenvalue weighted by Crippen LogP contribution is 2.30. The number of hydrogen-bond donors (Lipinski definition) is 3. The van der Waals surface area contributed by atoms with Crippen molar-refractivity contribution in [2.75, 3.05) is 6.61 Å². The molecule has 3 N–H and O–H groups in total. The first kappa shape index (κ1) is 19.5. The minimum absolute atomic E-state index is 0.187. The van der Waals surface area contributed by atoms with E-state index in [9.17, 15) is 14.6 Å². The Morgan fingerprint density at radius 2 is 2.07 bits per heavy atom. The van der Waals surface area contributed by atoms with Crippen molar-refractivity contribution in [2.24, 2.45) is 0 Å². The molecule has 8 heteroatoms. The first-order valence-corrected chi connectivity index (χ1v) is 9.79. The third-order valence-electron chi connectivity index (χ3n) is 5.23. The quantitative estimate of drug-likeness (QED) is 0.520. The lowest BCUT2D eigenvalue weighted by Crippen LogP contribution is -2.53. The van der Waals surface area contributed by atoms with Crippen LogP contribution in [0.2, 0.25) is 0 Å². The van der Waals surface area contributed by atoms with E-state index in [4.69, 9.17) is 9.39 Å². The Kier molecular flexibility index (Phi) is 5.55. The Balaban J connectivity index is 1.43. The van der Waals surface area contributed by atoms with Crippen LogP contribution in [0.1, 0.15) is 39.5 Å². The molecular weight excluding hydrogens is 371 g/mol. The van der Waals surface area contributed by atoms with Gasteiger partial charge < -0.3 is 25.0 Å². The van der Waals surface area contributed by atoms with Crippen molar-refractivity contribution in [1.82, 2.24) is 10.6 Å². The maximum Gasteiger partial charge on any atom is 0.547 e. The van der Waals surface area contributed by atoms with Gasteiger partial charge in [0.15, 0.2) is 0 Å². The molecular formula is C21H23BN2O5. The molecule has 1 amide bonds. The van der Waals surface area contributed by atoms with Crippen molar-refractivity contribution in [1.29, 1.82) is 0 Å². The third-order valence-corrected chi connectivity index (χ3v) is 5.23. The fourth-order valence-corrected chi connectivity index (χ4v) is 3.82. The summed E-state index contributed by atoms with van der Waals surface area (Å²) in [6, 6.07) is 11.2. The predicted molar refractivity (Wildman–Crippen MR) is 107 cm³/mol. The van der Waals surface area contributed by atoms with Crippen LogP contribution >= 0.6 is 0 Å². The van der Waals surface area contributed by atoms with Gasteiger partial charge in [0.25, 0.3) is 0 Å². The van der Waals surface area contributed by atoms with Gasteiger partial charge in [0, 0.05) is 13.1 Å². The zero-order valence-corrected chi connectivity index (χ0v) is 16.2. The number of amides is 1. The van der Waals surface area contributed by atoms with E-state index in [1.807, 2.05) is 24.3 Å². The summed E-state index contributed by atoms with van der Waals surface area (Å²) in [6.45, 7) is 3.66. The molecule has 0 unspecified atom stereocenters. The van der Waals surface area contributed by atoms with Crippen LogP contribution in [0.15, 0.2) is 36.4 Å². The van der Waals surface area contributed by atoms with Gasteiger partial charge in [-0.3, -0.25) is 4.79 Å². The van der Waals surface area contributed by atoms with E-state index in [2.05, 4.69) is 10.6 Å². The predicted octanol–water partition coefficient (Wildman–Crippen LogP) is 1.15. The van der Waals surface area contributed by atoms with Crippen LogP contribution < -0.4 is 15.3 Å². The summed E-state index contributed by atoms with van der Waals surface area (Å²) in [5.74, 6) is -0.961. The number of para-hydroxylation sites is 1. The van der Waals surface area contributed by atoms with Crippen molar-refractivity contribution in [2.45, 2.75) is 38.8 Å². The van der Waals surface area contributed by atoms with Gasteiger partial charge in [0.2, 0.25) is 5.91 Å². The molecule has 2 aliphatic heterocycles. The number of benzene rings is 2. The zero-order valence-electron chi connectivity index (χ0n) is 16.2. The maximum atomic E-state index is 12.5. The molecule has 150 valence electrons. The SMILES string of the molecule is CCOC(=O)c1cccc2c1OB(O)[C@@H](NC(=O)Cc1ccc3c(c1)CNC3)C2. The molecule has 2 aromatic rings. The second kappa shape index (κ2) is 8.27. The lowest BCUT2D eigenvalue weighted by molar-refractivity contribution is -0.120. The number of nitrogens with one attached hydrogen (secondary N) is 2. The van der Waals surface area contributed by atoms with E-state index in [0.29, 0.717) is 12.2 Å². The molecule has 7 nitrogen and oxygen atoms in total. The molecule has 0 fully saturated rings. The van der Waals surface area contributed by atoms with Gasteiger partial charge in [-0.25, -0.2) is 4.79 Å². The minimum atomic E-state index is -1.24. The summed E-state index contributed by atoms with van der Waals surface area (Å²) in [6.07, 6.45) is 0.593. The van der Waals surface area contributed by atoms with Crippen LogP contribution in [0, 0.1) is 0 Å². The molecule has 2 aliphatic rings. The Bertz CT molecular complexity index is 949. The Morgan fingerprint density at radius 3 is 2.90 bits per heavy atom. The van der Waals surface area contributed by atoms with Gasteiger partial charge in [0.1, 0.15) is 11.3 Å². The van der Waals surface area contributed by atoms with E-state index < -0.39 is 19.0 Å². The molecule has 4 rings (SSSR count). The van der Waals surface area contributed by atoms with Crippen molar-refractivity contribution in [3.63, 3.8) is 0 Å². The topological polar surface area (TPSA) is 96.9 Å². The van der Waals surface area contributed by atoms with Crippen molar-refractivity contribution < 1.29 is 24.0 Å². The van der Waals surface area contributed by atoms with Crippen LogP contribution in [0.5, 0.6) is 5.75 Å². The lowest BCUT2D eigenvalue weighted by Gasteiger charge is -2.29. The summed E-state index contributed by atoms with van der Waals surface area (Å²) in [5.41, 5.74) is 4.44. The highest BCUT2D eigenvalue weighted by atomic mass is 16.5. The largest absolute Gasteiger partial charge is 0.547 e. The Labute approximate surface area is 169 Å². The minimum Gasteiger partial charge on any atom is -0.534 e. The Hall–Kier alpha value is -2.84. The fraction of sp³-hybridized carbons (Fsp3) is 0.333. The van der Waals surface area contributed by atoms with Gasteiger partial charge in [-0.1, -0.05) is 30.3 Å². The summed E-state index contributed by atoms with van der Waals surface area (Å²) < 4.78 is 10.6. The smallest absolute Gasteiger partial charge is 0.534 e. The molecule has 0 radical (unpaired) electrons. The monoisotopic (exact) mass is 394 g/mol. The van der Waals surface area contributed by atoms with Gasteiger partial charge in [0.05, 0.1) is 19.0 Å². The highest BCUT2D eigenvalue weighted by Gasteiger charge is 2.37. The summed E-state index contributed by atoms with van der Waals surface area (Å²) >= 11 is 0. The molecule has 1 atom stereocenters. The van der Waals surface area contributed by atoms with E-state index in [1.165, 1.54) is 11.1 Å². The molecule has 0 saturated heterocycles. The normalized spacial score (nSPS) is 17.2. The number of carbonyl (C=O) groups excluding carboxylic acids is 2. The molecule has 0 spiro atoms. The highest BCUT2D eigenvalue weighted by molar-refractivity contribution is 6.47. The van der Waals surface area contributed by atoms with Crippen LogP contribution in [0.3, 0.4) is 0 Å². The first-order chi connectivity index (χ1) is 14.0. The molecule has 2 heterocycles. The van der Waals surface area contributed by atoms with Gasteiger partial charge >= 0.3 is 13.1 Å². The summed E-state index contributed by atoms with van der Waals surface area (Å²) in [7, 11) is -1.24. The summed E-state index contributed by atoms with van der Waals surface area (Å²) in [4.78, 5) is 24.6. The number of carbonyl (C=O) groups is 2. The average Bonchev–Trinajstić information content (AvgIpc) is 3.16. The Morgan fingerprint density at radius 1 is 1.24 bits per heavy atom. The second-order valence-electron chi connectivity index (χ2n) is 7.28. The van der Waals surface area contributed by atoms with Gasteiger partial charge in [-0.05, 0) is 41.7 Å². The first-order valence-electron chi connectivity index (χ1n) is 9.79. The number of hydrogen-bond acceptors (Lipinski definition) is 6. The number of esters is 1. The van der Waals surface area contributed by atoms with Crippen LogP contribution in [0.4, 0.5) is 0 Å². The maximum absolute atomic E-state index is 12.5. The zero-order chi connectivity index (χ0) is 20.4. The molecule has 0 saturated carbocycles. The van der Waals surface area contributed by atoms with Crippen LogP contribution in [-0.4, -0.2) is 36.6 Å². The molecule has 29 heavy (non-hydrogen) atoms. The second-order valence-corrected chi connectivity index (χ2v) is 7.28. The third kappa shape index (κ3) is 4.13. The average molecular weight is 394 g/mol. The molecule has 0 aromatic heterocycles. The van der Waals surface area contributed by atoms with E-state index >= 15 is 0 Å². The van der Waals surface area contributed by atoms with Crippen LogP contribution in [-0.2, 0) is 35.5 Å². The number of rotatable bonds is 5. The number of ether oxygens (including phenoxy) is 1. The van der Waals surface area contributed by atoms with Gasteiger partial charge in [-0.15, -0.1) is 0 Å². The van der Waals surface area contributed by atoms with Crippen LogP contribution in [0.25, 0.3) is 0 Å². The van der Waals surface area contributed by atoms with Gasteiger partial charge in [-0.2, -0.15) is 0 Å². The summed E-state index contributed by atoms with van der Waals surface area (Å²) in [5, 5.41) is 16.5. The van der Waals surface area contributed by atoms with E-state index in [0.717, 1.165) is 24.2 Å². The van der Waals surface area contributed by atoms with E-state index in [1.54, 1.807) is 19.1 Å². The van der Waals surface area contributed by atoms with E-state index in [-0.39, 0.29) is 24.5 Å². The molecule has 0 bridgehead atoms. The number of fused-ring (bicyclic) bond motifs is 2. The molecule has 0 aliphatic carbocycles. The van der Waals surface area contributed by atoms with Crippen molar-refractivity contribution in [3.05, 3.63) is 64.2 Å². The lowest BCUT2D eigenvalue weighted by atomic mass is 9.72. The van der Waals surface area contributed by atoms with Crippen molar-refractivity contribution in [3.8, 4) is 5.75 Å². The fourth-order valence-electron chi connectivity index (χ4n) is 3.82.